The maximum Gasteiger partial charge on any atom is 0.236 e. The minimum Gasteiger partial charge on any atom is -0.342 e. The first-order chi connectivity index (χ1) is 6.61. The van der Waals surface area contributed by atoms with Crippen LogP contribution in [0.4, 0.5) is 0 Å². The third kappa shape index (κ3) is 6.10. The summed E-state index contributed by atoms with van der Waals surface area (Å²) in [6, 6.07) is 0. The zero-order chi connectivity index (χ0) is 11.0. The van der Waals surface area contributed by atoms with Crippen LogP contribution in [0.25, 0.3) is 0 Å². The van der Waals surface area contributed by atoms with E-state index in [2.05, 4.69) is 5.32 Å². The van der Waals surface area contributed by atoms with Gasteiger partial charge in [-0.25, -0.2) is 0 Å². The summed E-state index contributed by atoms with van der Waals surface area (Å²) in [7, 11) is -0.782. The molecule has 0 aliphatic rings. The number of rotatable bonds is 7. The highest BCUT2D eigenvalue weighted by atomic mass is 32.2. The zero-order valence-corrected chi connectivity index (χ0v) is 10.0. The molecule has 0 bridgehead atoms. The van der Waals surface area contributed by atoms with Crippen LogP contribution in [0, 0.1) is 0 Å². The van der Waals surface area contributed by atoms with Gasteiger partial charge in [-0.2, -0.15) is 0 Å². The predicted octanol–water partition coefficient (Wildman–Crippen LogP) is -0.177. The van der Waals surface area contributed by atoms with E-state index in [1.165, 1.54) is 0 Å². The highest BCUT2D eigenvalue weighted by Gasteiger charge is 2.07. The van der Waals surface area contributed by atoms with E-state index in [-0.39, 0.29) is 5.91 Å². The fourth-order valence-electron chi connectivity index (χ4n) is 1.10. The summed E-state index contributed by atoms with van der Waals surface area (Å²) < 4.78 is 10.7. The molecule has 0 saturated carbocycles. The van der Waals surface area contributed by atoms with Crippen LogP contribution >= 0.6 is 0 Å². The van der Waals surface area contributed by atoms with Gasteiger partial charge in [0.25, 0.3) is 0 Å². The summed E-state index contributed by atoms with van der Waals surface area (Å²) in [6.07, 6.45) is 1.66. The average molecular weight is 220 g/mol. The van der Waals surface area contributed by atoms with Crippen molar-refractivity contribution in [2.24, 2.45) is 0 Å². The largest absolute Gasteiger partial charge is 0.342 e. The van der Waals surface area contributed by atoms with E-state index in [1.54, 1.807) is 11.2 Å². The fourth-order valence-corrected chi connectivity index (χ4v) is 1.53. The Hall–Kier alpha value is -0.420. The number of hydrogen-bond acceptors (Lipinski definition) is 3. The first-order valence-electron chi connectivity index (χ1n) is 4.90. The third-order valence-electron chi connectivity index (χ3n) is 1.96. The predicted molar refractivity (Wildman–Crippen MR) is 59.7 cm³/mol. The molecule has 4 nitrogen and oxygen atoms in total. The van der Waals surface area contributed by atoms with E-state index >= 15 is 0 Å². The van der Waals surface area contributed by atoms with Gasteiger partial charge >= 0.3 is 0 Å². The quantitative estimate of drug-likeness (QED) is 0.606. The number of nitrogens with zero attached hydrogens (tertiary/aromatic N) is 1. The Labute approximate surface area is 88.5 Å². The molecular formula is C9H20N2O2S. The summed E-state index contributed by atoms with van der Waals surface area (Å²) in [4.78, 5) is 13.2. The Bertz CT molecular complexity index is 193. The summed E-state index contributed by atoms with van der Waals surface area (Å²) >= 11 is 0. The molecule has 0 aromatic rings. The highest BCUT2D eigenvalue weighted by molar-refractivity contribution is 7.84. The van der Waals surface area contributed by atoms with Gasteiger partial charge in [-0.3, -0.25) is 9.00 Å². The maximum absolute atomic E-state index is 11.4. The average Bonchev–Trinajstić information content (AvgIpc) is 2.14. The van der Waals surface area contributed by atoms with Gasteiger partial charge in [0.15, 0.2) is 0 Å². The fraction of sp³-hybridized carbons (Fsp3) is 0.889. The van der Waals surface area contributed by atoms with Crippen molar-refractivity contribution in [3.8, 4) is 0 Å². The van der Waals surface area contributed by atoms with Crippen molar-refractivity contribution in [2.45, 2.75) is 13.8 Å². The molecule has 1 amide bonds. The lowest BCUT2D eigenvalue weighted by molar-refractivity contribution is -0.129. The van der Waals surface area contributed by atoms with Crippen LogP contribution < -0.4 is 5.32 Å². The Balaban J connectivity index is 3.57. The number of hydrogen-bond donors (Lipinski definition) is 1. The van der Waals surface area contributed by atoms with Gasteiger partial charge < -0.3 is 10.2 Å². The molecule has 0 aliphatic carbocycles. The molecule has 0 aliphatic heterocycles. The number of carbonyl (C=O) groups excluding carboxylic acids is 1. The van der Waals surface area contributed by atoms with Crippen LogP contribution in [-0.2, 0) is 15.6 Å². The molecular weight excluding hydrogens is 200 g/mol. The molecule has 0 spiro atoms. The number of nitrogens with one attached hydrogen (secondary N) is 1. The minimum atomic E-state index is -0.782. The van der Waals surface area contributed by atoms with E-state index in [9.17, 15) is 9.00 Å². The van der Waals surface area contributed by atoms with E-state index in [0.29, 0.717) is 18.8 Å². The van der Waals surface area contributed by atoms with Crippen molar-refractivity contribution in [3.05, 3.63) is 0 Å². The Kier molecular flexibility index (Phi) is 7.70. The lowest BCUT2D eigenvalue weighted by atomic mass is 10.4. The van der Waals surface area contributed by atoms with Crippen molar-refractivity contribution >= 4 is 16.7 Å². The Morgan fingerprint density at radius 1 is 1.36 bits per heavy atom. The molecule has 1 unspecified atom stereocenters. The first-order valence-corrected chi connectivity index (χ1v) is 6.63. The molecule has 0 aromatic heterocycles. The van der Waals surface area contributed by atoms with Crippen LogP contribution in [0.1, 0.15) is 13.8 Å². The molecule has 0 fully saturated rings. The molecule has 0 heterocycles. The second-order valence-corrected chi connectivity index (χ2v) is 4.57. The van der Waals surface area contributed by atoms with Crippen LogP contribution in [0.2, 0.25) is 0 Å². The third-order valence-corrected chi connectivity index (χ3v) is 2.74. The number of carbonyl (C=O) groups is 1. The Morgan fingerprint density at radius 3 is 2.36 bits per heavy atom. The van der Waals surface area contributed by atoms with E-state index in [1.807, 2.05) is 13.8 Å². The molecule has 0 rings (SSSR count). The van der Waals surface area contributed by atoms with Crippen LogP contribution in [0.15, 0.2) is 0 Å². The number of likely N-dealkylation sites (N-methyl/N-ethyl adjacent to an activating group) is 1. The molecule has 5 heteroatoms. The van der Waals surface area contributed by atoms with Crippen LogP contribution in [0.3, 0.4) is 0 Å². The second kappa shape index (κ2) is 7.94. The maximum atomic E-state index is 11.4. The highest BCUT2D eigenvalue weighted by Crippen LogP contribution is 1.86. The van der Waals surface area contributed by atoms with E-state index in [0.717, 1.165) is 13.1 Å². The summed E-state index contributed by atoms with van der Waals surface area (Å²) in [5.74, 6) is 0.711. The van der Waals surface area contributed by atoms with Gasteiger partial charge in [0.05, 0.1) is 6.54 Å². The summed E-state index contributed by atoms with van der Waals surface area (Å²) in [5, 5.41) is 2.98. The minimum absolute atomic E-state index is 0.108. The van der Waals surface area contributed by atoms with Crippen molar-refractivity contribution in [3.63, 3.8) is 0 Å². The number of amides is 1. The molecule has 84 valence electrons. The molecule has 0 saturated heterocycles. The molecule has 1 atom stereocenters. The van der Waals surface area contributed by atoms with Gasteiger partial charge in [-0.05, 0) is 13.8 Å². The lowest BCUT2D eigenvalue weighted by Crippen LogP contribution is -2.38. The lowest BCUT2D eigenvalue weighted by Gasteiger charge is -2.18. The van der Waals surface area contributed by atoms with Crippen LogP contribution in [0.5, 0.6) is 0 Å². The topological polar surface area (TPSA) is 49.4 Å². The summed E-state index contributed by atoms with van der Waals surface area (Å²) in [5.41, 5.74) is 0. The monoisotopic (exact) mass is 220 g/mol. The SMILES string of the molecule is CCN(CC)C(=O)CNCCS(C)=O. The van der Waals surface area contributed by atoms with Gasteiger partial charge in [0, 0.05) is 42.4 Å². The van der Waals surface area contributed by atoms with Gasteiger partial charge in [-0.1, -0.05) is 0 Å². The first kappa shape index (κ1) is 13.6. The van der Waals surface area contributed by atoms with E-state index in [4.69, 9.17) is 0 Å². The van der Waals surface area contributed by atoms with Crippen molar-refractivity contribution < 1.29 is 9.00 Å². The normalized spacial score (nSPS) is 12.5. The van der Waals surface area contributed by atoms with E-state index < -0.39 is 10.8 Å². The van der Waals surface area contributed by atoms with Gasteiger partial charge in [-0.15, -0.1) is 0 Å². The zero-order valence-electron chi connectivity index (χ0n) is 9.21. The Morgan fingerprint density at radius 2 is 1.93 bits per heavy atom. The standard InChI is InChI=1S/C9H20N2O2S/c1-4-11(5-2)9(12)8-10-6-7-14(3)13/h10H,4-8H2,1-3H3. The molecule has 1 N–H and O–H groups in total. The van der Waals surface area contributed by atoms with Gasteiger partial charge in [0.2, 0.25) is 5.91 Å². The smallest absolute Gasteiger partial charge is 0.236 e. The molecule has 0 aromatic carbocycles. The van der Waals surface area contributed by atoms with Gasteiger partial charge in [0.1, 0.15) is 0 Å². The van der Waals surface area contributed by atoms with Crippen molar-refractivity contribution in [2.75, 3.05) is 38.2 Å². The van der Waals surface area contributed by atoms with Crippen LogP contribution in [-0.4, -0.2) is 53.2 Å². The van der Waals surface area contributed by atoms with Crippen molar-refractivity contribution in [1.82, 2.24) is 10.2 Å². The molecule has 14 heavy (non-hydrogen) atoms. The van der Waals surface area contributed by atoms with Crippen molar-refractivity contribution in [1.29, 1.82) is 0 Å². The second-order valence-electron chi connectivity index (χ2n) is 3.02. The molecule has 0 radical (unpaired) electrons. The summed E-state index contributed by atoms with van der Waals surface area (Å²) in [6.45, 7) is 6.40.